The molecule has 0 atom stereocenters. The first-order chi connectivity index (χ1) is 24.8. The van der Waals surface area contributed by atoms with Crippen LogP contribution < -0.4 is 19.6 Å². The van der Waals surface area contributed by atoms with E-state index in [-0.39, 0.29) is 0 Å². The molecule has 10 rings (SSSR count). The quantitative estimate of drug-likeness (QED) is 0.189. The van der Waals surface area contributed by atoms with Crippen molar-refractivity contribution in [3.05, 3.63) is 182 Å². The topological polar surface area (TPSA) is 13.0 Å². The lowest BCUT2D eigenvalue weighted by Gasteiger charge is -2.35. The molecule has 8 aromatic carbocycles. The molecule has 0 saturated carbocycles. The lowest BCUT2D eigenvalue weighted by molar-refractivity contribution is 0.974. The third-order valence-electron chi connectivity index (χ3n) is 10.5. The Morgan fingerprint density at radius 2 is 0.460 bits per heavy atom. The van der Waals surface area contributed by atoms with Gasteiger partial charge in [-0.3, -0.25) is 0 Å². The fourth-order valence-electron chi connectivity index (χ4n) is 8.31. The zero-order valence-electron chi connectivity index (χ0n) is 27.8. The molecule has 0 N–H and O–H groups in total. The number of fused-ring (bicyclic) bond motifs is 4. The number of anilines is 4. The zero-order valence-corrected chi connectivity index (χ0v) is 27.8. The Kier molecular flexibility index (Phi) is 6.73. The minimum Gasteiger partial charge on any atom is -0.322 e. The summed E-state index contributed by atoms with van der Waals surface area (Å²) in [6, 6.07) is 62.1. The number of hydrogen-bond acceptors (Lipinski definition) is 4. The Labute approximate surface area is 292 Å². The van der Waals surface area contributed by atoms with Gasteiger partial charge in [0, 0.05) is 47.7 Å². The summed E-state index contributed by atoms with van der Waals surface area (Å²) >= 11 is 0. The highest BCUT2D eigenvalue weighted by atomic mass is 15.5. The van der Waals surface area contributed by atoms with Gasteiger partial charge in [0.1, 0.15) is 0 Å². The van der Waals surface area contributed by atoms with Crippen molar-refractivity contribution < 1.29 is 0 Å². The summed E-state index contributed by atoms with van der Waals surface area (Å²) < 4.78 is 0. The molecule has 0 unspecified atom stereocenters. The van der Waals surface area contributed by atoms with Crippen LogP contribution in [0.15, 0.2) is 182 Å². The maximum absolute atomic E-state index is 2.58. The average molecular weight is 645 g/mol. The minimum atomic E-state index is 0.864. The Bertz CT molecular complexity index is 2220. The first kappa shape index (κ1) is 28.7. The van der Waals surface area contributed by atoms with Gasteiger partial charge in [-0.05, 0) is 45.8 Å². The van der Waals surface area contributed by atoms with E-state index >= 15 is 0 Å². The van der Waals surface area contributed by atoms with E-state index in [0.717, 1.165) is 26.2 Å². The Hall–Kier alpha value is -6.26. The second-order valence-corrected chi connectivity index (χ2v) is 13.2. The van der Waals surface area contributed by atoms with Gasteiger partial charge in [-0.1, -0.05) is 146 Å². The molecule has 2 aliphatic rings. The van der Waals surface area contributed by atoms with Crippen LogP contribution in [0, 0.1) is 0 Å². The normalized spacial score (nSPS) is 15.0. The minimum absolute atomic E-state index is 0.864. The molecule has 2 fully saturated rings. The van der Waals surface area contributed by atoms with E-state index in [0.29, 0.717) is 0 Å². The Balaban J connectivity index is 1.30. The smallest absolute Gasteiger partial charge is 0.156 e. The van der Waals surface area contributed by atoms with E-state index in [4.69, 9.17) is 0 Å². The molecule has 0 aromatic heterocycles. The summed E-state index contributed by atoms with van der Waals surface area (Å²) in [7, 11) is 0. The number of benzene rings is 8. The van der Waals surface area contributed by atoms with Gasteiger partial charge >= 0.3 is 0 Å². The molecule has 0 amide bonds. The van der Waals surface area contributed by atoms with E-state index < -0.39 is 0 Å². The molecule has 0 aliphatic carbocycles. The van der Waals surface area contributed by atoms with Crippen LogP contribution in [0.1, 0.15) is 0 Å². The van der Waals surface area contributed by atoms with Crippen LogP contribution in [0.5, 0.6) is 0 Å². The molecule has 8 aromatic rings. The fraction of sp³-hybridized carbons (Fsp3) is 0.0870. The van der Waals surface area contributed by atoms with Crippen molar-refractivity contribution in [2.45, 2.75) is 0 Å². The molecular formula is C46H36N4. The number of nitrogens with zero attached hydrogens (tertiary/aromatic N) is 4. The fourth-order valence-corrected chi connectivity index (χ4v) is 8.31. The summed E-state index contributed by atoms with van der Waals surface area (Å²) in [6.45, 7) is 3.46. The van der Waals surface area contributed by atoms with Crippen molar-refractivity contribution in [3.63, 3.8) is 0 Å². The predicted molar refractivity (Wildman–Crippen MR) is 212 cm³/mol. The van der Waals surface area contributed by atoms with Gasteiger partial charge in [-0.2, -0.15) is 0 Å². The Morgan fingerprint density at radius 1 is 0.240 bits per heavy atom. The first-order valence-corrected chi connectivity index (χ1v) is 17.6. The zero-order chi connectivity index (χ0) is 33.0. The second kappa shape index (κ2) is 11.7. The van der Waals surface area contributed by atoms with Gasteiger partial charge < -0.3 is 19.6 Å². The van der Waals surface area contributed by atoms with Crippen molar-refractivity contribution >= 4 is 65.8 Å². The van der Waals surface area contributed by atoms with Crippen molar-refractivity contribution in [3.8, 4) is 0 Å². The molecular weight excluding hydrogens is 609 g/mol. The van der Waals surface area contributed by atoms with E-state index in [1.54, 1.807) is 0 Å². The van der Waals surface area contributed by atoms with Crippen molar-refractivity contribution in [2.75, 3.05) is 45.8 Å². The molecule has 0 bridgehead atoms. The van der Waals surface area contributed by atoms with Gasteiger partial charge in [0.25, 0.3) is 0 Å². The largest absolute Gasteiger partial charge is 0.322 e. The highest BCUT2D eigenvalue weighted by Crippen LogP contribution is 2.45. The molecule has 2 heterocycles. The standard InChI is InChI=1S/C46H36N4/c1-5-21-37-33(13-1)17-9-25-41(37)47-29-30-48(42-26-10-18-34-14-2-6-22-38(34)42)45(47)46-49(43-27-11-19-35-15-3-7-23-39(35)43)31-32-50(46)44-28-12-20-36-16-4-8-24-40(36)44/h1-28H,29-32H2. The SMILES string of the molecule is c1ccc2c(N3CCN(c4cccc5ccccc45)C3=C3N(c4cccc5ccccc45)CCN3c3cccc4ccccc34)cccc2c1. The van der Waals surface area contributed by atoms with Crippen LogP contribution in [0.2, 0.25) is 0 Å². The molecule has 50 heavy (non-hydrogen) atoms. The summed E-state index contributed by atoms with van der Waals surface area (Å²) in [5.74, 6) is 2.41. The molecule has 2 aliphatic heterocycles. The maximum atomic E-state index is 2.58. The third kappa shape index (κ3) is 4.52. The van der Waals surface area contributed by atoms with Crippen LogP contribution in [0.4, 0.5) is 22.7 Å². The van der Waals surface area contributed by atoms with Crippen molar-refractivity contribution in [1.82, 2.24) is 0 Å². The molecule has 0 spiro atoms. The monoisotopic (exact) mass is 644 g/mol. The lowest BCUT2D eigenvalue weighted by atomic mass is 10.1. The number of hydrogen-bond donors (Lipinski definition) is 0. The summed E-state index contributed by atoms with van der Waals surface area (Å²) in [5, 5.41) is 10.1. The molecule has 4 nitrogen and oxygen atoms in total. The predicted octanol–water partition coefficient (Wildman–Crippen LogP) is 10.8. The molecule has 2 saturated heterocycles. The van der Waals surface area contributed by atoms with Gasteiger partial charge in [0.2, 0.25) is 0 Å². The van der Waals surface area contributed by atoms with E-state index in [2.05, 4.69) is 189 Å². The molecule has 0 radical (unpaired) electrons. The van der Waals surface area contributed by atoms with Crippen molar-refractivity contribution in [2.24, 2.45) is 0 Å². The van der Waals surface area contributed by atoms with Crippen LogP contribution >= 0.6 is 0 Å². The first-order valence-electron chi connectivity index (χ1n) is 17.6. The van der Waals surface area contributed by atoms with Gasteiger partial charge in [-0.15, -0.1) is 0 Å². The maximum Gasteiger partial charge on any atom is 0.156 e. The average Bonchev–Trinajstić information content (AvgIpc) is 3.81. The van der Waals surface area contributed by atoms with Crippen LogP contribution in [-0.2, 0) is 0 Å². The lowest BCUT2D eigenvalue weighted by Crippen LogP contribution is -2.34. The van der Waals surface area contributed by atoms with Crippen molar-refractivity contribution in [1.29, 1.82) is 0 Å². The molecule has 240 valence electrons. The van der Waals surface area contributed by atoms with E-state index in [1.165, 1.54) is 77.5 Å². The summed E-state index contributed by atoms with van der Waals surface area (Å²) in [4.78, 5) is 10.3. The van der Waals surface area contributed by atoms with E-state index in [9.17, 15) is 0 Å². The second-order valence-electron chi connectivity index (χ2n) is 13.2. The van der Waals surface area contributed by atoms with Gasteiger partial charge in [-0.25, -0.2) is 0 Å². The third-order valence-corrected chi connectivity index (χ3v) is 10.5. The van der Waals surface area contributed by atoms with Crippen LogP contribution in [0.25, 0.3) is 43.1 Å². The highest BCUT2D eigenvalue weighted by Gasteiger charge is 2.40. The van der Waals surface area contributed by atoms with Crippen LogP contribution in [0.3, 0.4) is 0 Å². The van der Waals surface area contributed by atoms with E-state index in [1.807, 2.05) is 0 Å². The number of rotatable bonds is 4. The summed E-state index contributed by atoms with van der Waals surface area (Å²) in [6.07, 6.45) is 0. The summed E-state index contributed by atoms with van der Waals surface area (Å²) in [5.41, 5.74) is 4.93. The Morgan fingerprint density at radius 3 is 0.720 bits per heavy atom. The highest BCUT2D eigenvalue weighted by molar-refractivity contribution is 6.01. The van der Waals surface area contributed by atoms with Gasteiger partial charge in [0.05, 0.1) is 22.7 Å². The van der Waals surface area contributed by atoms with Crippen LogP contribution in [-0.4, -0.2) is 26.2 Å². The van der Waals surface area contributed by atoms with Gasteiger partial charge in [0.15, 0.2) is 11.6 Å². The molecule has 4 heteroatoms.